The molecule has 7 heteroatoms. The third kappa shape index (κ3) is 3.46. The summed E-state index contributed by atoms with van der Waals surface area (Å²) in [6, 6.07) is 9.02. The van der Waals surface area contributed by atoms with Crippen molar-refractivity contribution in [2.75, 3.05) is 11.9 Å². The van der Waals surface area contributed by atoms with Gasteiger partial charge in [0.1, 0.15) is 22.1 Å². The van der Waals surface area contributed by atoms with Crippen molar-refractivity contribution in [2.45, 2.75) is 6.92 Å². The number of esters is 1. The zero-order valence-corrected chi connectivity index (χ0v) is 14.1. The molecule has 0 fully saturated rings. The molecule has 0 radical (unpaired) electrons. The summed E-state index contributed by atoms with van der Waals surface area (Å²) in [4.78, 5) is 24.7. The Morgan fingerprint density at radius 3 is 2.72 bits per heavy atom. The Balaban J connectivity index is 1.97. The summed E-state index contributed by atoms with van der Waals surface area (Å²) in [6.07, 6.45) is 1.49. The number of carbonyl (C=O) groups is 2. The van der Waals surface area contributed by atoms with E-state index in [0.717, 1.165) is 11.3 Å². The molecule has 5 nitrogen and oxygen atoms in total. The number of hydrogen-bond donors (Lipinski definition) is 1. The molecule has 25 heavy (non-hydrogen) atoms. The van der Waals surface area contributed by atoms with Gasteiger partial charge in [0.05, 0.1) is 18.4 Å². The van der Waals surface area contributed by atoms with Gasteiger partial charge in [0.15, 0.2) is 0 Å². The summed E-state index contributed by atoms with van der Waals surface area (Å²) in [7, 11) is 0. The van der Waals surface area contributed by atoms with Crippen LogP contribution in [0.1, 0.15) is 27.6 Å². The highest BCUT2D eigenvalue weighted by atomic mass is 32.1. The number of nitrogens with one attached hydrogen (secondary N) is 1. The average Bonchev–Trinajstić information content (AvgIpc) is 3.24. The topological polar surface area (TPSA) is 68.5 Å². The molecule has 0 aliphatic rings. The van der Waals surface area contributed by atoms with Crippen LogP contribution in [0.4, 0.5) is 9.39 Å². The van der Waals surface area contributed by atoms with Crippen LogP contribution in [0.15, 0.2) is 52.5 Å². The molecule has 0 aliphatic heterocycles. The number of rotatable bonds is 5. The van der Waals surface area contributed by atoms with Gasteiger partial charge in [0.25, 0.3) is 5.91 Å². The van der Waals surface area contributed by atoms with E-state index in [9.17, 15) is 14.0 Å². The molecular formula is C18H14FNO4S. The number of furan rings is 1. The predicted octanol–water partition coefficient (Wildman–Crippen LogP) is 4.58. The third-order valence-corrected chi connectivity index (χ3v) is 4.30. The Hall–Kier alpha value is -2.93. The SMILES string of the molecule is CCOC(=O)c1c(-c2ccco2)csc1NC(=O)c1ccccc1F. The molecule has 2 heterocycles. The van der Waals surface area contributed by atoms with E-state index in [-0.39, 0.29) is 22.7 Å². The second kappa shape index (κ2) is 7.31. The molecule has 3 rings (SSSR count). The highest BCUT2D eigenvalue weighted by Crippen LogP contribution is 2.36. The number of carbonyl (C=O) groups excluding carboxylic acids is 2. The predicted molar refractivity (Wildman–Crippen MR) is 92.3 cm³/mol. The van der Waals surface area contributed by atoms with E-state index >= 15 is 0 Å². The van der Waals surface area contributed by atoms with Crippen molar-refractivity contribution < 1.29 is 23.1 Å². The summed E-state index contributed by atoms with van der Waals surface area (Å²) >= 11 is 1.14. The van der Waals surface area contributed by atoms with Crippen molar-refractivity contribution in [3.63, 3.8) is 0 Å². The Bertz CT molecular complexity index is 902. The minimum atomic E-state index is -0.642. The van der Waals surface area contributed by atoms with Crippen LogP contribution >= 0.6 is 11.3 Å². The Kier molecular flexibility index (Phi) is 4.95. The maximum atomic E-state index is 13.8. The fraction of sp³-hybridized carbons (Fsp3) is 0.111. The highest BCUT2D eigenvalue weighted by Gasteiger charge is 2.24. The smallest absolute Gasteiger partial charge is 0.341 e. The summed E-state index contributed by atoms with van der Waals surface area (Å²) in [5.41, 5.74) is 0.592. The first-order chi connectivity index (χ1) is 12.1. The monoisotopic (exact) mass is 359 g/mol. The van der Waals surface area contributed by atoms with Gasteiger partial charge in [-0.25, -0.2) is 9.18 Å². The van der Waals surface area contributed by atoms with Gasteiger partial charge < -0.3 is 14.5 Å². The van der Waals surface area contributed by atoms with Crippen molar-refractivity contribution in [3.05, 3.63) is 65.0 Å². The van der Waals surface area contributed by atoms with Crippen molar-refractivity contribution >= 4 is 28.2 Å². The van der Waals surface area contributed by atoms with Crippen molar-refractivity contribution in [1.29, 1.82) is 0 Å². The van der Waals surface area contributed by atoms with Gasteiger partial charge in [-0.1, -0.05) is 12.1 Å². The van der Waals surface area contributed by atoms with E-state index in [1.807, 2.05) is 0 Å². The number of thiophene rings is 1. The Labute approximate surface area is 147 Å². The zero-order valence-electron chi connectivity index (χ0n) is 13.2. The van der Waals surface area contributed by atoms with Crippen LogP contribution in [0, 0.1) is 5.82 Å². The van der Waals surface area contributed by atoms with E-state index in [4.69, 9.17) is 9.15 Å². The lowest BCUT2D eigenvalue weighted by Gasteiger charge is -2.08. The lowest BCUT2D eigenvalue weighted by Crippen LogP contribution is -2.16. The normalized spacial score (nSPS) is 10.5. The van der Waals surface area contributed by atoms with Crippen LogP contribution in [-0.2, 0) is 4.74 Å². The number of benzene rings is 1. The lowest BCUT2D eigenvalue weighted by atomic mass is 10.1. The number of ether oxygens (including phenoxy) is 1. The summed E-state index contributed by atoms with van der Waals surface area (Å²) < 4.78 is 24.2. The molecule has 1 aromatic carbocycles. The molecule has 0 saturated carbocycles. The number of anilines is 1. The van der Waals surface area contributed by atoms with Crippen molar-refractivity contribution in [2.24, 2.45) is 0 Å². The first-order valence-electron chi connectivity index (χ1n) is 7.50. The highest BCUT2D eigenvalue weighted by molar-refractivity contribution is 7.15. The fourth-order valence-corrected chi connectivity index (χ4v) is 3.22. The van der Waals surface area contributed by atoms with Crippen molar-refractivity contribution in [3.8, 4) is 11.3 Å². The van der Waals surface area contributed by atoms with Gasteiger partial charge in [-0.05, 0) is 31.2 Å². The molecule has 0 unspecified atom stereocenters. The molecule has 0 saturated heterocycles. The summed E-state index contributed by atoms with van der Waals surface area (Å²) in [5, 5.41) is 4.55. The fourth-order valence-electron chi connectivity index (χ4n) is 2.28. The number of halogens is 1. The number of amides is 1. The molecule has 2 aromatic heterocycles. The van der Waals surface area contributed by atoms with E-state index in [1.54, 1.807) is 30.5 Å². The molecule has 0 bridgehead atoms. The first-order valence-corrected chi connectivity index (χ1v) is 8.38. The maximum Gasteiger partial charge on any atom is 0.341 e. The zero-order chi connectivity index (χ0) is 17.8. The molecule has 0 aliphatic carbocycles. The summed E-state index contributed by atoms with van der Waals surface area (Å²) in [5.74, 6) is -1.39. The van der Waals surface area contributed by atoms with Gasteiger partial charge >= 0.3 is 5.97 Å². The van der Waals surface area contributed by atoms with E-state index in [2.05, 4.69) is 5.32 Å². The van der Waals surface area contributed by atoms with Crippen molar-refractivity contribution in [1.82, 2.24) is 0 Å². The van der Waals surface area contributed by atoms with Crippen LogP contribution in [0.25, 0.3) is 11.3 Å². The Morgan fingerprint density at radius 2 is 2.04 bits per heavy atom. The van der Waals surface area contributed by atoms with E-state index in [1.165, 1.54) is 24.5 Å². The lowest BCUT2D eigenvalue weighted by molar-refractivity contribution is 0.0529. The third-order valence-electron chi connectivity index (χ3n) is 3.40. The first kappa shape index (κ1) is 16.9. The van der Waals surface area contributed by atoms with E-state index in [0.29, 0.717) is 11.3 Å². The minimum absolute atomic E-state index is 0.106. The summed E-state index contributed by atoms with van der Waals surface area (Å²) in [6.45, 7) is 1.88. The van der Waals surface area contributed by atoms with Gasteiger partial charge in [-0.3, -0.25) is 4.79 Å². The molecule has 1 N–H and O–H groups in total. The molecule has 1 amide bonds. The van der Waals surface area contributed by atoms with E-state index < -0.39 is 17.7 Å². The van der Waals surface area contributed by atoms with Crippen LogP contribution in [0.3, 0.4) is 0 Å². The van der Waals surface area contributed by atoms with Crippen LogP contribution < -0.4 is 5.32 Å². The quantitative estimate of drug-likeness (QED) is 0.677. The van der Waals surface area contributed by atoms with Crippen LogP contribution in [0.2, 0.25) is 0 Å². The second-order valence-electron chi connectivity index (χ2n) is 4.99. The van der Waals surface area contributed by atoms with Crippen LogP contribution in [-0.4, -0.2) is 18.5 Å². The van der Waals surface area contributed by atoms with Gasteiger partial charge in [-0.15, -0.1) is 11.3 Å². The largest absolute Gasteiger partial charge is 0.464 e. The van der Waals surface area contributed by atoms with Crippen LogP contribution in [0.5, 0.6) is 0 Å². The minimum Gasteiger partial charge on any atom is -0.464 e. The number of hydrogen-bond acceptors (Lipinski definition) is 5. The average molecular weight is 359 g/mol. The van der Waals surface area contributed by atoms with Gasteiger partial charge in [-0.2, -0.15) is 0 Å². The van der Waals surface area contributed by atoms with Gasteiger partial charge in [0, 0.05) is 10.9 Å². The Morgan fingerprint density at radius 1 is 1.24 bits per heavy atom. The molecular weight excluding hydrogens is 345 g/mol. The molecule has 3 aromatic rings. The molecule has 0 atom stereocenters. The molecule has 128 valence electrons. The second-order valence-corrected chi connectivity index (χ2v) is 5.86. The standard InChI is InChI=1S/C18H14FNO4S/c1-2-23-18(22)15-12(14-8-5-9-24-14)10-25-17(15)20-16(21)11-6-3-4-7-13(11)19/h3-10H,2H2,1H3,(H,20,21). The maximum absolute atomic E-state index is 13.8. The van der Waals surface area contributed by atoms with Gasteiger partial charge in [0.2, 0.25) is 0 Å². The molecule has 0 spiro atoms.